The number of hydrogen-bond acceptors (Lipinski definition) is 23. The summed E-state index contributed by atoms with van der Waals surface area (Å²) in [5.41, 5.74) is 1.42. The molecule has 564 valence electrons. The summed E-state index contributed by atoms with van der Waals surface area (Å²) >= 11 is 0. The van der Waals surface area contributed by atoms with Gasteiger partial charge < -0.3 is 90.7 Å². The van der Waals surface area contributed by atoms with Gasteiger partial charge in [-0.15, -0.1) is 0 Å². The summed E-state index contributed by atoms with van der Waals surface area (Å²) in [5.74, 6) is -5.82. The second-order valence-corrected chi connectivity index (χ2v) is 27.9. The van der Waals surface area contributed by atoms with Gasteiger partial charge in [0.15, 0.2) is 11.2 Å². The molecule has 6 unspecified atom stereocenters. The molecule has 10 aromatic rings. The van der Waals surface area contributed by atoms with Crippen molar-refractivity contribution in [1.82, 2.24) is 96.7 Å². The number of carboxylic acids is 1. The number of Topliss-reactive ketones (excluding diaryl/α,β-unsaturated/α-hetero) is 1. The molecule has 8 aromatic heterocycles. The Morgan fingerprint density at radius 1 is 0.532 bits per heavy atom. The van der Waals surface area contributed by atoms with Crippen molar-refractivity contribution in [3.63, 3.8) is 0 Å². The van der Waals surface area contributed by atoms with E-state index in [0.29, 0.717) is 34.2 Å². The summed E-state index contributed by atoms with van der Waals surface area (Å²) < 4.78 is 66.2. The summed E-state index contributed by atoms with van der Waals surface area (Å²) in [6, 6.07) is 13.2. The van der Waals surface area contributed by atoms with Gasteiger partial charge in [0.1, 0.15) is 71.4 Å². The standard InChI is InChI=1S/C39H49N17O6.C32H22N4O9S2.2Zn/c1-22(57)29(7-24-12-41-17-47-24)52-36(59)32(9-26-14-43-19-49-26)55-39(62)34(11-28-16-45-21-51-28)56-37(60)31(6-23-4-3-5-46-23)54-38(61)33(10-27-15-44-20-50-27)53-35(58)30(40-2)8-25-13-42-18-48-25;1-17-28(37)23(35-46(41,42)25-11-5-7-13-33-25)15-21-27(19-9-3-4-10-20(19)32(39)40)22-16-24(29(38)18(2)31(22)45-30(17)21)36-47(43,44)26-12-6-8-14-34-26;;/h3-5,12-21,29-34,40,46H,6-11H2,1-2H3,(H,41,47)(H,42,48)(H,43,49)(H,44,50)(H,45,51)(H,52,59)(H,53,58)(H,54,61)(H,55,62)(H,56,60);3-16H,1-2H3,(H,37,38)(H,39,40);;/q;-2;2*+2/p-1. The number of aromatic amines is 6. The zero-order chi connectivity index (χ0) is 77.5. The predicted molar refractivity (Wildman–Crippen MR) is 388 cm³/mol. The fourth-order valence-electron chi connectivity index (χ4n) is 11.7. The van der Waals surface area contributed by atoms with E-state index in [9.17, 15) is 65.4 Å². The van der Waals surface area contributed by atoms with Crippen molar-refractivity contribution in [3.05, 3.63) is 237 Å². The third-order valence-electron chi connectivity index (χ3n) is 17.3. The molecular formula is C71H70N21O15S2Zn2+. The number of aromatic hydroxyl groups is 1. The molecule has 2 aromatic carbocycles. The van der Waals surface area contributed by atoms with E-state index in [2.05, 4.69) is 106 Å². The van der Waals surface area contributed by atoms with Crippen LogP contribution in [-0.4, -0.2) is 171 Å². The number of nitrogens with one attached hydrogen (secondary N) is 12. The molecule has 0 saturated heterocycles. The molecule has 0 bridgehead atoms. The van der Waals surface area contributed by atoms with Crippen molar-refractivity contribution in [2.75, 3.05) is 7.05 Å². The summed E-state index contributed by atoms with van der Waals surface area (Å²) in [4.78, 5) is 154. The van der Waals surface area contributed by atoms with Crippen molar-refractivity contribution in [2.24, 2.45) is 0 Å². The van der Waals surface area contributed by atoms with Gasteiger partial charge in [0.05, 0.1) is 61.1 Å². The first kappa shape index (κ1) is 82.8. The molecule has 0 spiro atoms. The SMILES string of the molecule is CNC(Cc1c[nH]cn1)C(=O)NC(Cc1cnc[nH]1)C(=O)NC(Cc1ccc[nH]1)C(=O)NC(Cc1cnc[nH]1)C(=O)NC(Cc1cnc[nH]1)C(=O)NC(Cc1c[nH]cn1)C(C)=O.Cc1c2oc3c(C)c(O)c([N-]S(=O)(=O)c4ccccn4)cc3c(-c3ccccc3C(=O)[O-])c-2cc([N-]S(=O)(=O)c2ccccn2)c1=O.[Zn+2].[Zn+2]. The Kier molecular flexibility index (Phi) is 27.8. The number of rotatable bonds is 32. The van der Waals surface area contributed by atoms with Gasteiger partial charge in [-0.3, -0.25) is 33.6 Å². The first-order valence-corrected chi connectivity index (χ1v) is 36.3. The van der Waals surface area contributed by atoms with E-state index in [4.69, 9.17) is 4.42 Å². The maximum atomic E-state index is 14.4. The Hall–Kier alpha value is -12.2. The molecule has 111 heavy (non-hydrogen) atoms. The van der Waals surface area contributed by atoms with Crippen LogP contribution >= 0.6 is 0 Å². The number of imidazole rings is 5. The molecular weight excluding hydrogens is 1580 g/mol. The summed E-state index contributed by atoms with van der Waals surface area (Å²) in [5, 5.41) is 39.5. The van der Waals surface area contributed by atoms with Crippen LogP contribution in [-0.2, 0) is 126 Å². The molecule has 1 aliphatic heterocycles. The van der Waals surface area contributed by atoms with Crippen LogP contribution in [0.25, 0.3) is 42.9 Å². The maximum absolute atomic E-state index is 14.4. The molecule has 36 nitrogen and oxygen atoms in total. The number of aryl methyl sites for hydroxylation is 1. The molecule has 40 heteroatoms. The topological polar surface area (TPSA) is 547 Å². The summed E-state index contributed by atoms with van der Waals surface area (Å²) in [6.07, 6.45) is 19.4. The molecule has 0 radical (unpaired) electrons. The van der Waals surface area contributed by atoms with Crippen molar-refractivity contribution in [1.29, 1.82) is 0 Å². The Morgan fingerprint density at radius 2 is 0.991 bits per heavy atom. The van der Waals surface area contributed by atoms with Crippen LogP contribution in [0, 0.1) is 13.8 Å². The molecule has 2 aliphatic rings. The number of H-pyrrole nitrogens is 6. The molecule has 9 heterocycles. The number of phenols is 1. The molecule has 0 saturated carbocycles. The number of amides is 5. The smallest absolute Gasteiger partial charge is 0.568 e. The first-order chi connectivity index (χ1) is 52.3. The first-order valence-electron chi connectivity index (χ1n) is 33.4. The fraction of sp³-hybridized carbons (Fsp3) is 0.225. The van der Waals surface area contributed by atoms with Gasteiger partial charge in [0.25, 0.3) is 0 Å². The number of carbonyl (C=O) groups is 7. The molecule has 0 fully saturated rings. The Morgan fingerprint density at radius 3 is 1.41 bits per heavy atom. The average molecular weight is 1650 g/mol. The average Bonchev–Trinajstić information content (AvgIpc) is 1.44. The van der Waals surface area contributed by atoms with E-state index in [1.165, 1.54) is 144 Å². The largest absolute Gasteiger partial charge is 2.00 e. The van der Waals surface area contributed by atoms with E-state index in [1.807, 2.05) is 0 Å². The number of benzene rings is 3. The van der Waals surface area contributed by atoms with Crippen LogP contribution in [0.1, 0.15) is 62.6 Å². The number of nitrogens with zero attached hydrogens (tertiary/aromatic N) is 9. The Bertz CT molecular complexity index is 5450. The fourth-order valence-corrected chi connectivity index (χ4v) is 13.6. The molecule has 12 rings (SSSR count). The number of ketones is 1. The Balaban J connectivity index is 0.000000259. The minimum absolute atomic E-state index is 0. The zero-order valence-electron chi connectivity index (χ0n) is 59.7. The van der Waals surface area contributed by atoms with Crippen molar-refractivity contribution >= 4 is 83.7 Å². The normalized spacial score (nSPS) is 12.9. The molecule has 6 atom stereocenters. The van der Waals surface area contributed by atoms with Gasteiger partial charge in [-0.05, 0) is 69.8 Å². The number of likely N-dealkylation sites (N-methyl/N-ethyl adjacent to an activating group) is 1. The number of hydrogen-bond donors (Lipinski definition) is 13. The van der Waals surface area contributed by atoms with Gasteiger partial charge in [0.2, 0.25) is 29.5 Å². The predicted octanol–water partition coefficient (Wildman–Crippen LogP) is 2.81. The van der Waals surface area contributed by atoms with E-state index in [0.717, 1.165) is 6.07 Å². The van der Waals surface area contributed by atoms with E-state index >= 15 is 0 Å². The summed E-state index contributed by atoms with van der Waals surface area (Å²) in [6.45, 7) is 4.14. The second kappa shape index (κ2) is 37.2. The van der Waals surface area contributed by atoms with Gasteiger partial charge >= 0.3 is 39.0 Å². The van der Waals surface area contributed by atoms with Crippen LogP contribution in [0.4, 0.5) is 11.4 Å². The molecule has 1 aliphatic carbocycles. The van der Waals surface area contributed by atoms with Crippen LogP contribution in [0.2, 0.25) is 0 Å². The quantitative estimate of drug-likeness (QED) is 0.0213. The van der Waals surface area contributed by atoms with E-state index in [1.54, 1.807) is 43.8 Å². The van der Waals surface area contributed by atoms with Gasteiger partial charge in [-0.2, -0.15) is 0 Å². The van der Waals surface area contributed by atoms with Crippen LogP contribution in [0.15, 0.2) is 185 Å². The third-order valence-corrected chi connectivity index (χ3v) is 19.7. The van der Waals surface area contributed by atoms with Gasteiger partial charge in [0, 0.05) is 144 Å². The van der Waals surface area contributed by atoms with Crippen molar-refractivity contribution in [2.45, 2.75) is 106 Å². The minimum atomic E-state index is -4.47. The maximum Gasteiger partial charge on any atom is 2.00 e. The number of fused-ring (bicyclic) bond motifs is 2. The number of aromatic nitrogens is 13. The number of pyridine rings is 2. The van der Waals surface area contributed by atoms with Crippen molar-refractivity contribution < 1.29 is 104 Å². The van der Waals surface area contributed by atoms with Gasteiger partial charge in [-0.25, -0.2) is 51.7 Å². The van der Waals surface area contributed by atoms with Crippen LogP contribution in [0.5, 0.6) is 5.75 Å². The van der Waals surface area contributed by atoms with E-state index < -0.39 is 119 Å². The zero-order valence-corrected chi connectivity index (χ0v) is 67.3. The van der Waals surface area contributed by atoms with E-state index in [-0.39, 0.29) is 138 Å². The number of phenolic OH excluding ortho intramolecular Hbond substituents is 1. The number of carboxylic acid groups (broad SMARTS) is 1. The van der Waals surface area contributed by atoms with Crippen LogP contribution < -0.4 is 42.4 Å². The molecule has 13 N–H and O–H groups in total. The number of sulfonamides is 2. The number of aromatic carboxylic acids is 1. The minimum Gasteiger partial charge on any atom is -0.568 e. The molecule has 5 amide bonds. The monoisotopic (exact) mass is 1650 g/mol. The summed E-state index contributed by atoms with van der Waals surface area (Å²) in [7, 11) is -7.29. The van der Waals surface area contributed by atoms with Crippen LogP contribution in [0.3, 0.4) is 0 Å². The Labute approximate surface area is 657 Å². The van der Waals surface area contributed by atoms with Gasteiger partial charge in [-0.1, -0.05) is 59.9 Å². The van der Waals surface area contributed by atoms with Crippen molar-refractivity contribution in [3.8, 4) is 28.2 Å². The second-order valence-electron chi connectivity index (χ2n) is 24.8. The number of carbonyl (C=O) groups excluding carboxylic acids is 7. The third kappa shape index (κ3) is 20.6.